The van der Waals surface area contributed by atoms with Crippen molar-refractivity contribution in [2.75, 3.05) is 6.61 Å². The van der Waals surface area contributed by atoms with E-state index in [0.717, 1.165) is 0 Å². The molecule has 1 aromatic rings. The molecule has 0 heterocycles. The van der Waals surface area contributed by atoms with E-state index in [4.69, 9.17) is 4.74 Å². The Morgan fingerprint density at radius 1 is 1.00 bits per heavy atom. The third-order valence-corrected chi connectivity index (χ3v) is 1.85. The second-order valence-electron chi connectivity index (χ2n) is 4.96. The third kappa shape index (κ3) is 5.12. The SMILES string of the molecule is CC(C)(C)COc1ccc(OC(F)=C(F)F)cc1. The van der Waals surface area contributed by atoms with Crippen LogP contribution in [-0.2, 0) is 0 Å². The Bertz CT molecular complexity index is 415. The molecular weight excluding hydrogens is 245 g/mol. The largest absolute Gasteiger partial charge is 0.493 e. The lowest BCUT2D eigenvalue weighted by molar-refractivity contribution is 0.197. The van der Waals surface area contributed by atoms with E-state index < -0.39 is 12.1 Å². The van der Waals surface area contributed by atoms with E-state index in [1.54, 1.807) is 0 Å². The Morgan fingerprint density at radius 2 is 1.50 bits per heavy atom. The first kappa shape index (κ1) is 14.4. The molecule has 0 aliphatic carbocycles. The van der Waals surface area contributed by atoms with E-state index in [1.165, 1.54) is 24.3 Å². The molecule has 0 N–H and O–H groups in total. The molecule has 0 atom stereocenters. The Morgan fingerprint density at radius 3 is 1.94 bits per heavy atom. The van der Waals surface area contributed by atoms with Gasteiger partial charge in [-0.1, -0.05) is 20.8 Å². The van der Waals surface area contributed by atoms with Crippen LogP contribution in [0.4, 0.5) is 13.2 Å². The molecule has 0 amide bonds. The molecule has 100 valence electrons. The van der Waals surface area contributed by atoms with Gasteiger partial charge in [0.1, 0.15) is 11.5 Å². The van der Waals surface area contributed by atoms with E-state index in [9.17, 15) is 13.2 Å². The van der Waals surface area contributed by atoms with Crippen molar-refractivity contribution < 1.29 is 22.6 Å². The lowest BCUT2D eigenvalue weighted by Gasteiger charge is -2.18. The first-order valence-corrected chi connectivity index (χ1v) is 5.39. The molecule has 0 fully saturated rings. The van der Waals surface area contributed by atoms with Crippen molar-refractivity contribution >= 4 is 0 Å². The van der Waals surface area contributed by atoms with Gasteiger partial charge in [0.2, 0.25) is 0 Å². The molecule has 0 spiro atoms. The Labute approximate surface area is 104 Å². The van der Waals surface area contributed by atoms with Crippen LogP contribution in [0.2, 0.25) is 0 Å². The second-order valence-corrected chi connectivity index (χ2v) is 4.96. The number of hydrogen-bond acceptors (Lipinski definition) is 2. The fraction of sp³-hybridized carbons (Fsp3) is 0.385. The minimum Gasteiger partial charge on any atom is -0.493 e. The Balaban J connectivity index is 2.61. The van der Waals surface area contributed by atoms with Gasteiger partial charge >= 0.3 is 12.1 Å². The van der Waals surface area contributed by atoms with E-state index in [1.807, 2.05) is 20.8 Å². The summed E-state index contributed by atoms with van der Waals surface area (Å²) in [6.45, 7) is 6.58. The van der Waals surface area contributed by atoms with Gasteiger partial charge in [0, 0.05) is 0 Å². The van der Waals surface area contributed by atoms with Gasteiger partial charge in [-0.2, -0.15) is 13.2 Å². The average molecular weight is 260 g/mol. The molecular formula is C13H15F3O2. The van der Waals surface area contributed by atoms with Crippen LogP contribution in [0.15, 0.2) is 36.4 Å². The van der Waals surface area contributed by atoms with Gasteiger partial charge in [-0.3, -0.25) is 0 Å². The zero-order valence-electron chi connectivity index (χ0n) is 10.5. The summed E-state index contributed by atoms with van der Waals surface area (Å²) in [5.74, 6) is 0.561. The van der Waals surface area contributed by atoms with Crippen LogP contribution in [0.25, 0.3) is 0 Å². The number of rotatable bonds is 4. The summed E-state index contributed by atoms with van der Waals surface area (Å²) in [6.07, 6.45) is -2.48. The van der Waals surface area contributed by atoms with Crippen LogP contribution in [-0.4, -0.2) is 6.61 Å². The summed E-state index contributed by atoms with van der Waals surface area (Å²) in [7, 11) is 0. The molecule has 0 saturated carbocycles. The van der Waals surface area contributed by atoms with Crippen molar-refractivity contribution in [2.45, 2.75) is 20.8 Å². The summed E-state index contributed by atoms with van der Waals surface area (Å²) in [4.78, 5) is 0. The normalized spacial score (nSPS) is 11.0. The monoisotopic (exact) mass is 260 g/mol. The maximum atomic E-state index is 12.5. The van der Waals surface area contributed by atoms with E-state index in [2.05, 4.69) is 4.74 Å². The average Bonchev–Trinajstić information content (AvgIpc) is 2.27. The fourth-order valence-corrected chi connectivity index (χ4v) is 1.05. The number of halogens is 3. The van der Waals surface area contributed by atoms with E-state index in [0.29, 0.717) is 12.4 Å². The molecule has 18 heavy (non-hydrogen) atoms. The summed E-state index contributed by atoms with van der Waals surface area (Å²) in [5.41, 5.74) is 0.0153. The van der Waals surface area contributed by atoms with Gasteiger partial charge in [0.15, 0.2) is 0 Å². The topological polar surface area (TPSA) is 18.5 Å². The van der Waals surface area contributed by atoms with Gasteiger partial charge in [-0.15, -0.1) is 0 Å². The maximum absolute atomic E-state index is 12.5. The highest BCUT2D eigenvalue weighted by Crippen LogP contribution is 2.23. The molecule has 0 saturated heterocycles. The van der Waals surface area contributed by atoms with Crippen LogP contribution in [0.3, 0.4) is 0 Å². The van der Waals surface area contributed by atoms with Gasteiger partial charge < -0.3 is 9.47 Å². The first-order chi connectivity index (χ1) is 8.28. The summed E-state index contributed by atoms with van der Waals surface area (Å²) >= 11 is 0. The van der Waals surface area contributed by atoms with Gasteiger partial charge in [0.25, 0.3) is 0 Å². The van der Waals surface area contributed by atoms with Crippen molar-refractivity contribution in [3.05, 3.63) is 36.4 Å². The standard InChI is InChI=1S/C13H15F3O2/c1-13(2,3)8-17-9-4-6-10(7-5-9)18-12(16)11(14)15/h4-7H,8H2,1-3H3. The molecule has 0 radical (unpaired) electrons. The predicted octanol–water partition coefficient (Wildman–Crippen LogP) is 4.53. The lowest BCUT2D eigenvalue weighted by Crippen LogP contribution is -2.16. The van der Waals surface area contributed by atoms with E-state index in [-0.39, 0.29) is 11.2 Å². The fourth-order valence-electron chi connectivity index (χ4n) is 1.05. The summed E-state index contributed by atoms with van der Waals surface area (Å²) < 4.78 is 45.8. The number of hydrogen-bond donors (Lipinski definition) is 0. The third-order valence-electron chi connectivity index (χ3n) is 1.85. The first-order valence-electron chi connectivity index (χ1n) is 5.39. The highest BCUT2D eigenvalue weighted by atomic mass is 19.3. The highest BCUT2D eigenvalue weighted by molar-refractivity contribution is 5.32. The Hall–Kier alpha value is -1.65. The smallest absolute Gasteiger partial charge is 0.344 e. The van der Waals surface area contributed by atoms with Crippen molar-refractivity contribution in [3.63, 3.8) is 0 Å². The number of ether oxygens (including phenoxy) is 2. The predicted molar refractivity (Wildman–Crippen MR) is 62.4 cm³/mol. The molecule has 1 aromatic carbocycles. The van der Waals surface area contributed by atoms with Crippen LogP contribution >= 0.6 is 0 Å². The summed E-state index contributed by atoms with van der Waals surface area (Å²) in [5, 5.41) is 0. The molecule has 0 bridgehead atoms. The number of benzene rings is 1. The van der Waals surface area contributed by atoms with Crippen molar-refractivity contribution in [1.82, 2.24) is 0 Å². The van der Waals surface area contributed by atoms with Crippen molar-refractivity contribution in [3.8, 4) is 11.5 Å². The van der Waals surface area contributed by atoms with Crippen molar-refractivity contribution in [1.29, 1.82) is 0 Å². The Kier molecular flexibility index (Phi) is 4.64. The zero-order valence-corrected chi connectivity index (χ0v) is 10.5. The van der Waals surface area contributed by atoms with Gasteiger partial charge in [-0.25, -0.2) is 0 Å². The molecule has 2 nitrogen and oxygen atoms in total. The highest BCUT2D eigenvalue weighted by Gasteiger charge is 2.11. The minimum absolute atomic E-state index is 0.0107. The van der Waals surface area contributed by atoms with E-state index >= 15 is 0 Å². The quantitative estimate of drug-likeness (QED) is 0.741. The van der Waals surface area contributed by atoms with Crippen LogP contribution in [0.1, 0.15) is 20.8 Å². The molecule has 0 unspecified atom stereocenters. The molecule has 0 aliphatic rings. The van der Waals surface area contributed by atoms with Crippen molar-refractivity contribution in [2.24, 2.45) is 5.41 Å². The molecule has 1 rings (SSSR count). The molecule has 0 aromatic heterocycles. The minimum atomic E-state index is -2.48. The molecule has 5 heteroatoms. The molecule has 0 aliphatic heterocycles. The van der Waals surface area contributed by atoms with Crippen LogP contribution in [0, 0.1) is 5.41 Å². The zero-order chi connectivity index (χ0) is 13.8. The maximum Gasteiger partial charge on any atom is 0.344 e. The lowest BCUT2D eigenvalue weighted by atomic mass is 9.99. The second kappa shape index (κ2) is 5.80. The van der Waals surface area contributed by atoms with Gasteiger partial charge in [-0.05, 0) is 29.7 Å². The van der Waals surface area contributed by atoms with Crippen LogP contribution < -0.4 is 9.47 Å². The summed E-state index contributed by atoms with van der Waals surface area (Å²) in [6, 6.07) is 3.90. The van der Waals surface area contributed by atoms with Gasteiger partial charge in [0.05, 0.1) is 6.61 Å². The van der Waals surface area contributed by atoms with Crippen LogP contribution in [0.5, 0.6) is 11.5 Å².